The molecule has 88 heavy (non-hydrogen) atoms. The summed E-state index contributed by atoms with van der Waals surface area (Å²) < 4.78 is 145. The van der Waals surface area contributed by atoms with E-state index < -0.39 is 142 Å². The number of thioether (sulfide) groups is 2. The third kappa shape index (κ3) is 19.2. The fraction of sp³-hybridized carbons (Fsp3) is 0.348. The molecule has 3 aromatic heterocycles. The van der Waals surface area contributed by atoms with Gasteiger partial charge in [0.05, 0.1) is 19.4 Å². The molecule has 3 amide bonds. The van der Waals surface area contributed by atoms with Crippen molar-refractivity contribution in [3.8, 4) is 0 Å². The smallest absolute Gasteiger partial charge is 0.439 e. The Hall–Kier alpha value is -6.66. The van der Waals surface area contributed by atoms with Crippen LogP contribution in [0.25, 0.3) is 11.2 Å². The number of rotatable bonds is 27. The largest absolute Gasteiger partial charge is 0.708 e. The number of anilines is 4. The quantitative estimate of drug-likeness (QED) is 0.00806. The van der Waals surface area contributed by atoms with Gasteiger partial charge in [-0.3, -0.25) is 44.3 Å². The normalized spacial score (nSPS) is 22.3. The first-order valence-electron chi connectivity index (χ1n) is 25.1. The molecule has 42 heteroatoms. The van der Waals surface area contributed by atoms with Crippen molar-refractivity contribution in [2.75, 3.05) is 58.8 Å². The van der Waals surface area contributed by atoms with Crippen molar-refractivity contribution < 1.29 is 111 Å². The van der Waals surface area contributed by atoms with Crippen LogP contribution in [0.15, 0.2) is 124 Å². The number of aliphatic hydroxyl groups is 1. The Labute approximate surface area is 502 Å². The number of phosphoric acid groups is 3. The molecular weight excluding hydrogens is 1310 g/mol. The molecule has 0 aliphatic carbocycles. The molecule has 2 fully saturated rings. The molecule has 2 aliphatic rings. The van der Waals surface area contributed by atoms with Gasteiger partial charge < -0.3 is 43.9 Å². The molecule has 8 rings (SSSR count). The van der Waals surface area contributed by atoms with Gasteiger partial charge in [-0.1, -0.05) is 66.4 Å². The number of nitrogens with one attached hydrogen (secondary N) is 5. The number of phosphoric ester groups is 1. The summed E-state index contributed by atoms with van der Waals surface area (Å²) in [5, 5.41) is 21.3. The van der Waals surface area contributed by atoms with E-state index in [1.54, 1.807) is 54.6 Å². The number of benzene rings is 3. The van der Waals surface area contributed by atoms with Crippen molar-refractivity contribution in [3.63, 3.8) is 0 Å². The van der Waals surface area contributed by atoms with Crippen molar-refractivity contribution in [3.05, 3.63) is 130 Å². The lowest BCUT2D eigenvalue weighted by Gasteiger charge is -2.25. The molecule has 0 spiro atoms. The number of alkyl halides is 3. The van der Waals surface area contributed by atoms with Crippen molar-refractivity contribution in [2.24, 2.45) is 0 Å². The molecule has 2 aliphatic heterocycles. The lowest BCUT2D eigenvalue weighted by molar-refractivity contribution is -0.129. The Balaban J connectivity index is 0.986. The van der Waals surface area contributed by atoms with Crippen LogP contribution in [0.5, 0.6) is 0 Å². The topological polar surface area (TPSA) is 439 Å². The zero-order valence-electron chi connectivity index (χ0n) is 44.8. The van der Waals surface area contributed by atoms with Crippen molar-refractivity contribution in [2.45, 2.75) is 66.8 Å². The van der Waals surface area contributed by atoms with Crippen LogP contribution in [0.1, 0.15) is 18.9 Å². The number of hydrogen-bond donors (Lipinski definition) is 9. The van der Waals surface area contributed by atoms with E-state index in [2.05, 4.69) is 49.2 Å². The molecule has 6 aromatic rings. The van der Waals surface area contributed by atoms with E-state index in [9.17, 15) is 75.2 Å². The van der Waals surface area contributed by atoms with Crippen LogP contribution in [0.2, 0.25) is 0 Å². The lowest BCUT2D eigenvalue weighted by atomic mass is 10.1. The molecule has 0 radical (unpaired) electrons. The Morgan fingerprint density at radius 2 is 1.27 bits per heavy atom. The minimum atomic E-state index is -6.41. The number of aromatic nitrogens is 6. The molecular formula is C46H50F3N10O23P4S2+. The summed E-state index contributed by atoms with van der Waals surface area (Å²) in [7, 11) is -22.7. The number of H-pyrrole nitrogens is 1. The van der Waals surface area contributed by atoms with Gasteiger partial charge in [0.25, 0.3) is 5.56 Å². The van der Waals surface area contributed by atoms with Gasteiger partial charge >= 0.3 is 61.9 Å². The molecule has 12 atom stereocenters. The van der Waals surface area contributed by atoms with Gasteiger partial charge in [-0.05, 0) is 47.0 Å². The minimum Gasteiger partial charge on any atom is -0.439 e. The second kappa shape index (κ2) is 29.8. The number of aromatic amines is 1. The Kier molecular flexibility index (Phi) is 22.8. The molecule has 2 saturated heterocycles. The second-order valence-electron chi connectivity index (χ2n) is 18.0. The van der Waals surface area contributed by atoms with E-state index in [4.69, 9.17) is 32.7 Å². The van der Waals surface area contributed by atoms with Gasteiger partial charge in [0.15, 0.2) is 52.9 Å². The van der Waals surface area contributed by atoms with Crippen LogP contribution < -0.4 is 32.5 Å². The summed E-state index contributed by atoms with van der Waals surface area (Å²) >= 11 is 2.08. The fourth-order valence-electron chi connectivity index (χ4n) is 8.07. The van der Waals surface area contributed by atoms with Crippen LogP contribution >= 0.6 is 55.2 Å². The highest BCUT2D eigenvalue weighted by Crippen LogP contribution is 2.69. The first-order chi connectivity index (χ1) is 41.7. The number of amides is 3. The molecule has 0 bridgehead atoms. The maximum Gasteiger partial charge on any atom is 0.708 e. The van der Waals surface area contributed by atoms with Crippen LogP contribution in [-0.4, -0.2) is 147 Å². The Morgan fingerprint density at radius 1 is 0.727 bits per heavy atom. The number of carbonyl (C=O) groups is 3. The average Bonchev–Trinajstić information content (AvgIpc) is 1.65. The summed E-state index contributed by atoms with van der Waals surface area (Å²) in [5.41, 5.74) is -1.49. The predicted octanol–water partition coefficient (Wildman–Crippen LogP) is 7.25. The maximum absolute atomic E-state index is 13.7. The first kappa shape index (κ1) is 67.3. The Morgan fingerprint density at radius 3 is 1.84 bits per heavy atom. The summed E-state index contributed by atoms with van der Waals surface area (Å²) in [5.74, 6) is 0.0599. The Bertz CT molecular complexity index is 3700. The average molecular weight is 1360 g/mol. The number of carbonyl (C=O) groups excluding carboxylic acids is 3. The molecule has 33 nitrogen and oxygen atoms in total. The molecule has 5 heterocycles. The zero-order chi connectivity index (χ0) is 63.4. The monoisotopic (exact) mass is 1360 g/mol. The van der Waals surface area contributed by atoms with Crippen LogP contribution in [0, 0.1) is 0 Å². The van der Waals surface area contributed by atoms with Crippen LogP contribution in [-0.2, 0) is 63.9 Å². The third-order valence-electron chi connectivity index (χ3n) is 11.7. The van der Waals surface area contributed by atoms with E-state index in [1.165, 1.54) is 48.2 Å². The lowest BCUT2D eigenvalue weighted by Crippen LogP contribution is -2.42. The highest BCUT2D eigenvalue weighted by molar-refractivity contribution is 7.99. The van der Waals surface area contributed by atoms with Gasteiger partial charge in [0, 0.05) is 51.9 Å². The van der Waals surface area contributed by atoms with E-state index in [0.29, 0.717) is 22.1 Å². The van der Waals surface area contributed by atoms with Gasteiger partial charge in [-0.2, -0.15) is 33.6 Å². The predicted molar refractivity (Wildman–Crippen MR) is 302 cm³/mol. The highest BCUT2D eigenvalue weighted by Gasteiger charge is 2.54. The number of halogens is 3. The number of imidazole rings is 1. The van der Waals surface area contributed by atoms with Gasteiger partial charge in [-0.15, -0.1) is 4.52 Å². The SMILES string of the molecule is CSCCNc1nc(SCCC(F)(F)F)nc2c1ncn2C1OC(COP(=O)(O)OP(=O)(O)OP(=O)(O)O[P+](=O)OCC2OC(n3ccc(=O)[nH]c3=O)C(OC(=O)Nc3ccccc3)C2O)C(OC(=O)Nc2ccccc2)C1OC(=O)Nc1ccccc1. The molecule has 12 unspecified atom stereocenters. The van der Waals surface area contributed by atoms with E-state index in [-0.39, 0.29) is 45.7 Å². The number of fused-ring (bicyclic) bond motifs is 1. The number of para-hydroxylation sites is 3. The van der Waals surface area contributed by atoms with Crippen molar-refractivity contribution in [1.82, 2.24) is 29.1 Å². The fourth-order valence-corrected chi connectivity index (χ4v) is 13.7. The first-order valence-corrected chi connectivity index (χ1v) is 33.1. The maximum atomic E-state index is 13.7. The number of ether oxygens (including phenoxy) is 5. The molecule has 0 saturated carbocycles. The molecule has 3 aromatic carbocycles. The molecule has 9 N–H and O–H groups in total. The zero-order valence-corrected chi connectivity index (χ0v) is 50.0. The summed E-state index contributed by atoms with van der Waals surface area (Å²) in [6.45, 7) is -2.14. The van der Waals surface area contributed by atoms with E-state index in [0.717, 1.165) is 23.2 Å². The number of aliphatic hydroxyl groups excluding tert-OH is 1. The summed E-state index contributed by atoms with van der Waals surface area (Å²) in [6.07, 6.45) is -20.3. The van der Waals surface area contributed by atoms with Crippen molar-refractivity contribution in [1.29, 1.82) is 0 Å². The van der Waals surface area contributed by atoms with Gasteiger partial charge in [0.2, 0.25) is 0 Å². The summed E-state index contributed by atoms with van der Waals surface area (Å²) in [6, 6.07) is 24.0. The molecule has 474 valence electrons. The number of nitrogens with zero attached hydrogens (tertiary/aromatic N) is 5. The van der Waals surface area contributed by atoms with Crippen molar-refractivity contribution >= 4 is 108 Å². The van der Waals surface area contributed by atoms with Gasteiger partial charge in [-0.25, -0.2) is 47.8 Å². The second-order valence-corrected chi connectivity index (χ2v) is 25.8. The van der Waals surface area contributed by atoms with E-state index in [1.807, 2.05) is 11.2 Å². The van der Waals surface area contributed by atoms with Crippen LogP contribution in [0.4, 0.5) is 50.4 Å². The van der Waals surface area contributed by atoms with E-state index >= 15 is 0 Å². The number of hydrogen-bond acceptors (Lipinski definition) is 26. The summed E-state index contributed by atoms with van der Waals surface area (Å²) in [4.78, 5) is 111. The van der Waals surface area contributed by atoms with Gasteiger partial charge in [0.1, 0.15) is 24.9 Å². The highest BCUT2D eigenvalue weighted by atomic mass is 32.2. The third-order valence-corrected chi connectivity index (χ3v) is 18.7. The standard InChI is InChI=1S/C46H49F3N10O23P4S2/c1-87-22-19-50-37-32-38(57-41(56-37)88-21-18-46(47,48)49)59(25-51-32)40-36(79-45(65)54-28-15-9-4-10-16-28)34(77-43(63)52-26-11-5-2-6-12-26)30(76-40)24-74-84(67,68)81-86(71,72)82-85(69,70)80-83(66)73-23-29-33(61)35(78-44(64)53-27-13-7-3-8-14-27)39(75-29)58-20-17-31(60)55-42(58)62/h2-17,20,25,29-30,33-36,39-40,61H,18-19,21-24H2,1H3,(H7-,50,52,53,54,55,56,57,60,62,63,64,65,67,68,69,70,71,72)/p+1. The van der Waals surface area contributed by atoms with Crippen LogP contribution in [0.3, 0.4) is 0 Å². The minimum absolute atomic E-state index is 0.00765.